The smallest absolute Gasteiger partial charge is 0.142 e. The highest BCUT2D eigenvalue weighted by atomic mass is 16.5. The third-order valence-corrected chi connectivity index (χ3v) is 2.26. The second-order valence-corrected chi connectivity index (χ2v) is 3.59. The maximum Gasteiger partial charge on any atom is 0.142 e. The number of hydrogen-bond acceptors (Lipinski definition) is 4. The molecule has 0 heterocycles. The van der Waals surface area contributed by atoms with Crippen LogP contribution in [0.1, 0.15) is 20.3 Å². The van der Waals surface area contributed by atoms with Gasteiger partial charge < -0.3 is 20.5 Å². The number of anilines is 1. The van der Waals surface area contributed by atoms with Gasteiger partial charge in [0.1, 0.15) is 11.5 Å². The number of nitrogens with two attached hydrogens (primary N) is 1. The van der Waals surface area contributed by atoms with Crippen LogP contribution >= 0.6 is 0 Å². The van der Waals surface area contributed by atoms with E-state index in [1.807, 2.05) is 32.0 Å². The minimum atomic E-state index is 0.652. The SMILES string of the molecule is CCOc1ccc(OCC)c(NCCCN)c1. The lowest BCUT2D eigenvalue weighted by atomic mass is 10.2. The molecule has 0 aromatic heterocycles. The van der Waals surface area contributed by atoms with Gasteiger partial charge in [-0.3, -0.25) is 0 Å². The molecular formula is C13H22N2O2. The first-order valence-corrected chi connectivity index (χ1v) is 6.15. The molecule has 0 spiro atoms. The van der Waals surface area contributed by atoms with E-state index in [-0.39, 0.29) is 0 Å². The maximum atomic E-state index is 5.55. The maximum absolute atomic E-state index is 5.55. The Bertz CT molecular complexity index is 329. The zero-order valence-electron chi connectivity index (χ0n) is 10.7. The summed E-state index contributed by atoms with van der Waals surface area (Å²) in [7, 11) is 0. The molecule has 4 heteroatoms. The Kier molecular flexibility index (Phi) is 6.25. The highest BCUT2D eigenvalue weighted by Crippen LogP contribution is 2.29. The van der Waals surface area contributed by atoms with Gasteiger partial charge in [-0.25, -0.2) is 0 Å². The molecule has 0 saturated carbocycles. The van der Waals surface area contributed by atoms with Crippen molar-refractivity contribution in [1.82, 2.24) is 0 Å². The molecule has 96 valence electrons. The number of rotatable bonds is 8. The van der Waals surface area contributed by atoms with Crippen LogP contribution in [0, 0.1) is 0 Å². The van der Waals surface area contributed by atoms with Gasteiger partial charge in [-0.1, -0.05) is 0 Å². The molecule has 0 saturated heterocycles. The largest absolute Gasteiger partial charge is 0.494 e. The van der Waals surface area contributed by atoms with Gasteiger partial charge in [0.05, 0.1) is 18.9 Å². The molecule has 4 nitrogen and oxygen atoms in total. The lowest BCUT2D eigenvalue weighted by Crippen LogP contribution is -2.09. The fraction of sp³-hybridized carbons (Fsp3) is 0.538. The molecule has 0 unspecified atom stereocenters. The Morgan fingerprint density at radius 1 is 1.18 bits per heavy atom. The minimum Gasteiger partial charge on any atom is -0.494 e. The summed E-state index contributed by atoms with van der Waals surface area (Å²) >= 11 is 0. The summed E-state index contributed by atoms with van der Waals surface area (Å²) in [5.74, 6) is 1.71. The summed E-state index contributed by atoms with van der Waals surface area (Å²) in [5.41, 5.74) is 6.44. The van der Waals surface area contributed by atoms with Crippen molar-refractivity contribution in [1.29, 1.82) is 0 Å². The van der Waals surface area contributed by atoms with E-state index in [0.29, 0.717) is 19.8 Å². The van der Waals surface area contributed by atoms with E-state index in [9.17, 15) is 0 Å². The van der Waals surface area contributed by atoms with E-state index in [0.717, 1.165) is 30.2 Å². The minimum absolute atomic E-state index is 0.652. The van der Waals surface area contributed by atoms with Gasteiger partial charge in [0.2, 0.25) is 0 Å². The van der Waals surface area contributed by atoms with Crippen LogP contribution in [-0.2, 0) is 0 Å². The fourth-order valence-electron chi connectivity index (χ4n) is 1.51. The van der Waals surface area contributed by atoms with Crippen LogP contribution in [0.25, 0.3) is 0 Å². The van der Waals surface area contributed by atoms with Gasteiger partial charge in [0, 0.05) is 12.6 Å². The predicted molar refractivity (Wildman–Crippen MR) is 70.9 cm³/mol. The van der Waals surface area contributed by atoms with Gasteiger partial charge in [-0.05, 0) is 38.9 Å². The van der Waals surface area contributed by atoms with E-state index in [1.165, 1.54) is 0 Å². The summed E-state index contributed by atoms with van der Waals surface area (Å²) in [5, 5.41) is 3.31. The molecule has 0 amide bonds. The molecule has 17 heavy (non-hydrogen) atoms. The first-order chi connectivity index (χ1) is 8.31. The monoisotopic (exact) mass is 238 g/mol. The summed E-state index contributed by atoms with van der Waals surface area (Å²) < 4.78 is 11.0. The van der Waals surface area contributed by atoms with E-state index in [1.54, 1.807) is 0 Å². The van der Waals surface area contributed by atoms with Gasteiger partial charge >= 0.3 is 0 Å². The van der Waals surface area contributed by atoms with E-state index in [2.05, 4.69) is 5.32 Å². The van der Waals surface area contributed by atoms with Crippen LogP contribution in [0.5, 0.6) is 11.5 Å². The van der Waals surface area contributed by atoms with E-state index in [4.69, 9.17) is 15.2 Å². The first kappa shape index (κ1) is 13.6. The van der Waals surface area contributed by atoms with Gasteiger partial charge in [-0.15, -0.1) is 0 Å². The predicted octanol–water partition coefficient (Wildman–Crippen LogP) is 2.24. The summed E-state index contributed by atoms with van der Waals surface area (Å²) in [6.45, 7) is 6.78. The number of ether oxygens (including phenoxy) is 2. The molecule has 0 fully saturated rings. The summed E-state index contributed by atoms with van der Waals surface area (Å²) in [6.07, 6.45) is 0.935. The molecule has 1 aromatic rings. The van der Waals surface area contributed by atoms with Crippen molar-refractivity contribution in [2.24, 2.45) is 5.73 Å². The first-order valence-electron chi connectivity index (χ1n) is 6.15. The van der Waals surface area contributed by atoms with Crippen molar-refractivity contribution in [2.45, 2.75) is 20.3 Å². The molecule has 0 aliphatic heterocycles. The summed E-state index contributed by atoms with van der Waals surface area (Å²) in [4.78, 5) is 0. The standard InChI is InChI=1S/C13H22N2O2/c1-3-16-11-6-7-13(17-4-2)12(10-11)15-9-5-8-14/h6-7,10,15H,3-5,8-9,14H2,1-2H3. The van der Waals surface area contributed by atoms with E-state index >= 15 is 0 Å². The lowest BCUT2D eigenvalue weighted by Gasteiger charge is -2.14. The zero-order valence-corrected chi connectivity index (χ0v) is 10.7. The van der Waals surface area contributed by atoms with Crippen LogP contribution in [-0.4, -0.2) is 26.3 Å². The molecule has 0 radical (unpaired) electrons. The van der Waals surface area contributed by atoms with Crippen LogP contribution in [0.3, 0.4) is 0 Å². The quantitative estimate of drug-likeness (QED) is 0.682. The molecule has 0 atom stereocenters. The Morgan fingerprint density at radius 2 is 1.94 bits per heavy atom. The van der Waals surface area contributed by atoms with Crippen LogP contribution in [0.4, 0.5) is 5.69 Å². The van der Waals surface area contributed by atoms with Gasteiger partial charge in [-0.2, -0.15) is 0 Å². The van der Waals surface area contributed by atoms with Crippen molar-refractivity contribution in [3.8, 4) is 11.5 Å². The normalized spacial score (nSPS) is 10.1. The van der Waals surface area contributed by atoms with Crippen molar-refractivity contribution in [3.05, 3.63) is 18.2 Å². The molecule has 0 aliphatic rings. The molecule has 1 aromatic carbocycles. The lowest BCUT2D eigenvalue weighted by molar-refractivity contribution is 0.332. The van der Waals surface area contributed by atoms with Crippen LogP contribution < -0.4 is 20.5 Å². The highest BCUT2D eigenvalue weighted by Gasteiger charge is 2.04. The Morgan fingerprint density at radius 3 is 2.59 bits per heavy atom. The third kappa shape index (κ3) is 4.53. The average molecular weight is 238 g/mol. The fourth-order valence-corrected chi connectivity index (χ4v) is 1.51. The Balaban J connectivity index is 2.74. The highest BCUT2D eigenvalue weighted by molar-refractivity contribution is 5.59. The second-order valence-electron chi connectivity index (χ2n) is 3.59. The van der Waals surface area contributed by atoms with Crippen LogP contribution in [0.2, 0.25) is 0 Å². The second kappa shape index (κ2) is 7.79. The zero-order chi connectivity index (χ0) is 12.5. The Labute approximate surface area is 103 Å². The molecular weight excluding hydrogens is 216 g/mol. The molecule has 0 bridgehead atoms. The van der Waals surface area contributed by atoms with Crippen molar-refractivity contribution < 1.29 is 9.47 Å². The number of hydrogen-bond donors (Lipinski definition) is 2. The van der Waals surface area contributed by atoms with E-state index < -0.39 is 0 Å². The van der Waals surface area contributed by atoms with Crippen molar-refractivity contribution in [3.63, 3.8) is 0 Å². The Hall–Kier alpha value is -1.42. The van der Waals surface area contributed by atoms with Gasteiger partial charge in [0.15, 0.2) is 0 Å². The van der Waals surface area contributed by atoms with Crippen LogP contribution in [0.15, 0.2) is 18.2 Å². The number of benzene rings is 1. The van der Waals surface area contributed by atoms with Crippen molar-refractivity contribution in [2.75, 3.05) is 31.6 Å². The third-order valence-electron chi connectivity index (χ3n) is 2.26. The van der Waals surface area contributed by atoms with Crippen molar-refractivity contribution >= 4 is 5.69 Å². The van der Waals surface area contributed by atoms with Gasteiger partial charge in [0.25, 0.3) is 0 Å². The molecule has 3 N–H and O–H groups in total. The summed E-state index contributed by atoms with van der Waals surface area (Å²) in [6, 6.07) is 5.81. The average Bonchev–Trinajstić information content (AvgIpc) is 2.33. The molecule has 1 rings (SSSR count). The topological polar surface area (TPSA) is 56.5 Å². The number of nitrogens with one attached hydrogen (secondary N) is 1. The molecule has 0 aliphatic carbocycles.